The van der Waals surface area contributed by atoms with E-state index in [1.165, 1.54) is 12.3 Å². The molecular weight excluding hydrogens is 245 g/mol. The predicted molar refractivity (Wildman–Crippen MR) is 71.4 cm³/mol. The number of likely N-dealkylation sites (tertiary alicyclic amines) is 1. The number of carbonyl (C=O) groups is 1. The Morgan fingerprint density at radius 3 is 2.89 bits per heavy atom. The van der Waals surface area contributed by atoms with Crippen molar-refractivity contribution in [1.29, 1.82) is 0 Å². The highest BCUT2D eigenvalue weighted by molar-refractivity contribution is 5.93. The van der Waals surface area contributed by atoms with Crippen LogP contribution in [0.25, 0.3) is 0 Å². The van der Waals surface area contributed by atoms with Crippen molar-refractivity contribution in [2.24, 2.45) is 5.92 Å². The lowest BCUT2D eigenvalue weighted by atomic mass is 9.97. The first-order valence-corrected chi connectivity index (χ1v) is 6.81. The molecule has 1 saturated heterocycles. The summed E-state index contributed by atoms with van der Waals surface area (Å²) in [6.07, 6.45) is 3.53. The van der Waals surface area contributed by atoms with Crippen LogP contribution in [-0.2, 0) is 0 Å². The molecule has 2 rings (SSSR count). The molecule has 1 aliphatic rings. The number of rotatable bonds is 4. The molecule has 19 heavy (non-hydrogen) atoms. The van der Waals surface area contributed by atoms with Crippen molar-refractivity contribution in [2.75, 3.05) is 26.2 Å². The Bertz CT molecular complexity index is 430. The van der Waals surface area contributed by atoms with E-state index in [2.05, 4.69) is 22.1 Å². The van der Waals surface area contributed by atoms with Crippen LogP contribution in [0.1, 0.15) is 30.1 Å². The van der Waals surface area contributed by atoms with Crippen LogP contribution >= 0.6 is 0 Å². The molecule has 0 aliphatic carbocycles. The van der Waals surface area contributed by atoms with Crippen LogP contribution in [0.15, 0.2) is 18.3 Å². The molecule has 1 amide bonds. The maximum Gasteiger partial charge on any atom is 0.251 e. The average Bonchev–Trinajstić information content (AvgIpc) is 2.45. The summed E-state index contributed by atoms with van der Waals surface area (Å²) in [6.45, 7) is 6.12. The number of aromatic nitrogens is 1. The van der Waals surface area contributed by atoms with Gasteiger partial charge in [-0.15, -0.1) is 0 Å². The van der Waals surface area contributed by atoms with E-state index < -0.39 is 5.95 Å². The van der Waals surface area contributed by atoms with Crippen LogP contribution in [0.4, 0.5) is 4.39 Å². The number of halogens is 1. The number of piperidine rings is 1. The van der Waals surface area contributed by atoms with Gasteiger partial charge in [0, 0.05) is 24.4 Å². The van der Waals surface area contributed by atoms with Crippen molar-refractivity contribution >= 4 is 5.91 Å². The van der Waals surface area contributed by atoms with Crippen LogP contribution in [0.5, 0.6) is 0 Å². The van der Waals surface area contributed by atoms with Gasteiger partial charge in [0.1, 0.15) is 0 Å². The SMILES string of the molecule is CCN1CCC(CNC(=O)c2ccnc(F)c2)CC1. The molecule has 1 aromatic rings. The Morgan fingerprint density at radius 1 is 1.53 bits per heavy atom. The summed E-state index contributed by atoms with van der Waals surface area (Å²) >= 11 is 0. The third-order valence-corrected chi connectivity index (χ3v) is 3.69. The summed E-state index contributed by atoms with van der Waals surface area (Å²) in [5, 5.41) is 2.88. The standard InChI is InChI=1S/C14H20FN3O/c1-2-18-7-4-11(5-8-18)10-17-14(19)12-3-6-16-13(15)9-12/h3,6,9,11H,2,4-5,7-8,10H2,1H3,(H,17,19). The highest BCUT2D eigenvalue weighted by atomic mass is 19.1. The van der Waals surface area contributed by atoms with Crippen LogP contribution < -0.4 is 5.32 Å². The molecule has 0 saturated carbocycles. The lowest BCUT2D eigenvalue weighted by molar-refractivity contribution is 0.0936. The zero-order valence-corrected chi connectivity index (χ0v) is 11.2. The van der Waals surface area contributed by atoms with E-state index in [4.69, 9.17) is 0 Å². The summed E-state index contributed by atoms with van der Waals surface area (Å²) in [5.74, 6) is -0.318. The number of hydrogen-bond donors (Lipinski definition) is 1. The molecule has 0 aromatic carbocycles. The van der Waals surface area contributed by atoms with Gasteiger partial charge in [-0.05, 0) is 44.5 Å². The molecule has 5 heteroatoms. The molecule has 1 aromatic heterocycles. The Balaban J connectivity index is 1.78. The zero-order valence-electron chi connectivity index (χ0n) is 11.2. The van der Waals surface area contributed by atoms with Gasteiger partial charge in [-0.2, -0.15) is 4.39 Å². The number of hydrogen-bond acceptors (Lipinski definition) is 3. The van der Waals surface area contributed by atoms with Gasteiger partial charge in [-0.1, -0.05) is 6.92 Å². The molecule has 2 heterocycles. The van der Waals surface area contributed by atoms with Crippen molar-refractivity contribution in [3.05, 3.63) is 29.8 Å². The molecule has 0 unspecified atom stereocenters. The maximum absolute atomic E-state index is 12.9. The lowest BCUT2D eigenvalue weighted by Gasteiger charge is -2.31. The van der Waals surface area contributed by atoms with E-state index in [9.17, 15) is 9.18 Å². The second-order valence-electron chi connectivity index (χ2n) is 4.95. The van der Waals surface area contributed by atoms with E-state index >= 15 is 0 Å². The van der Waals surface area contributed by atoms with Gasteiger partial charge < -0.3 is 10.2 Å². The summed E-state index contributed by atoms with van der Waals surface area (Å²) in [7, 11) is 0. The Morgan fingerprint density at radius 2 is 2.26 bits per heavy atom. The summed E-state index contributed by atoms with van der Waals surface area (Å²) < 4.78 is 12.9. The molecule has 1 aliphatic heterocycles. The van der Waals surface area contributed by atoms with Crippen molar-refractivity contribution < 1.29 is 9.18 Å². The number of carbonyl (C=O) groups excluding carboxylic acids is 1. The van der Waals surface area contributed by atoms with E-state index in [-0.39, 0.29) is 5.91 Å². The molecule has 0 radical (unpaired) electrons. The van der Waals surface area contributed by atoms with Crippen molar-refractivity contribution in [3.8, 4) is 0 Å². The fourth-order valence-electron chi connectivity index (χ4n) is 2.39. The lowest BCUT2D eigenvalue weighted by Crippen LogP contribution is -2.38. The molecule has 1 N–H and O–H groups in total. The van der Waals surface area contributed by atoms with Gasteiger partial charge in [0.05, 0.1) is 0 Å². The zero-order chi connectivity index (χ0) is 13.7. The van der Waals surface area contributed by atoms with Crippen LogP contribution in [0, 0.1) is 11.9 Å². The second kappa shape index (κ2) is 6.61. The van der Waals surface area contributed by atoms with E-state index in [1.54, 1.807) is 0 Å². The molecule has 1 fully saturated rings. The quantitative estimate of drug-likeness (QED) is 0.843. The highest BCUT2D eigenvalue weighted by Gasteiger charge is 2.18. The number of nitrogens with one attached hydrogen (secondary N) is 1. The van der Waals surface area contributed by atoms with Gasteiger partial charge in [-0.3, -0.25) is 4.79 Å². The van der Waals surface area contributed by atoms with Crippen LogP contribution in [-0.4, -0.2) is 42.0 Å². The largest absolute Gasteiger partial charge is 0.352 e. The third kappa shape index (κ3) is 3.99. The van der Waals surface area contributed by atoms with Crippen molar-refractivity contribution in [1.82, 2.24) is 15.2 Å². The monoisotopic (exact) mass is 265 g/mol. The van der Waals surface area contributed by atoms with E-state index in [1.807, 2.05) is 0 Å². The van der Waals surface area contributed by atoms with Crippen LogP contribution in [0.3, 0.4) is 0 Å². The fraction of sp³-hybridized carbons (Fsp3) is 0.571. The first kappa shape index (κ1) is 13.9. The van der Waals surface area contributed by atoms with Crippen molar-refractivity contribution in [3.63, 3.8) is 0 Å². The fourth-order valence-corrected chi connectivity index (χ4v) is 2.39. The minimum Gasteiger partial charge on any atom is -0.352 e. The molecule has 0 spiro atoms. The summed E-state index contributed by atoms with van der Waals surface area (Å²) in [4.78, 5) is 17.7. The van der Waals surface area contributed by atoms with Gasteiger partial charge in [-0.25, -0.2) is 4.98 Å². The van der Waals surface area contributed by atoms with Gasteiger partial charge >= 0.3 is 0 Å². The van der Waals surface area contributed by atoms with E-state index in [0.717, 1.165) is 38.5 Å². The van der Waals surface area contributed by atoms with Gasteiger partial charge in [0.25, 0.3) is 5.91 Å². The maximum atomic E-state index is 12.9. The number of amides is 1. The summed E-state index contributed by atoms with van der Waals surface area (Å²) in [5.41, 5.74) is 0.332. The first-order valence-electron chi connectivity index (χ1n) is 6.81. The third-order valence-electron chi connectivity index (χ3n) is 3.69. The Kier molecular flexibility index (Phi) is 4.85. The topological polar surface area (TPSA) is 45.2 Å². The second-order valence-corrected chi connectivity index (χ2v) is 4.95. The number of nitrogens with zero attached hydrogens (tertiary/aromatic N) is 2. The minimum atomic E-state index is -0.621. The molecule has 0 bridgehead atoms. The van der Waals surface area contributed by atoms with Gasteiger partial charge in [0.2, 0.25) is 5.95 Å². The highest BCUT2D eigenvalue weighted by Crippen LogP contribution is 2.16. The van der Waals surface area contributed by atoms with Crippen LogP contribution in [0.2, 0.25) is 0 Å². The van der Waals surface area contributed by atoms with E-state index in [0.29, 0.717) is 18.0 Å². The summed E-state index contributed by atoms with van der Waals surface area (Å²) in [6, 6.07) is 2.69. The Hall–Kier alpha value is -1.49. The Labute approximate surface area is 113 Å². The van der Waals surface area contributed by atoms with Gasteiger partial charge in [0.15, 0.2) is 0 Å². The normalized spacial score (nSPS) is 17.4. The smallest absolute Gasteiger partial charge is 0.251 e. The van der Waals surface area contributed by atoms with Crippen molar-refractivity contribution in [2.45, 2.75) is 19.8 Å². The number of pyridine rings is 1. The first-order chi connectivity index (χ1) is 9.19. The molecule has 104 valence electrons. The molecule has 0 atom stereocenters. The average molecular weight is 265 g/mol. The minimum absolute atomic E-state index is 0.223. The predicted octanol–water partition coefficient (Wildman–Crippen LogP) is 1.68. The molecule has 4 nitrogen and oxygen atoms in total. The molecular formula is C14H20FN3O.